The molecule has 3 N–H and O–H groups in total. The summed E-state index contributed by atoms with van der Waals surface area (Å²) >= 11 is -2.44. The Labute approximate surface area is 216 Å². The van der Waals surface area contributed by atoms with Crippen LogP contribution in [0.5, 0.6) is 0 Å². The zero-order valence-electron chi connectivity index (χ0n) is 19.8. The van der Waals surface area contributed by atoms with E-state index in [2.05, 4.69) is 14.7 Å². The van der Waals surface area contributed by atoms with Crippen LogP contribution in [-0.2, 0) is 27.0 Å². The number of aliphatic hydroxyl groups is 1. The van der Waals surface area contributed by atoms with Gasteiger partial charge < -0.3 is 14.7 Å². The number of β-amino-alcohol motifs (C(OH)–C–C–N with tert-alkyl or cyclic N) is 1. The Kier molecular flexibility index (Phi) is 7.94. The Morgan fingerprint density at radius 1 is 1.18 bits per heavy atom. The van der Waals surface area contributed by atoms with Gasteiger partial charge in [0.15, 0.2) is 0 Å². The number of carbonyl (C=O) groups is 1. The molecule has 0 aliphatic carbocycles. The lowest BCUT2D eigenvalue weighted by Gasteiger charge is -2.28. The maximum absolute atomic E-state index is 14.0. The van der Waals surface area contributed by atoms with Crippen molar-refractivity contribution in [2.45, 2.75) is 31.7 Å². The molecule has 202 valence electrons. The summed E-state index contributed by atoms with van der Waals surface area (Å²) in [6.07, 6.45) is -6.17. The molecule has 14 heteroatoms. The Balaban J connectivity index is 2.04. The number of halogens is 4. The highest BCUT2D eigenvalue weighted by molar-refractivity contribution is 7.80. The molecule has 1 saturated heterocycles. The molecule has 1 fully saturated rings. The van der Waals surface area contributed by atoms with Gasteiger partial charge >= 0.3 is 12.1 Å². The summed E-state index contributed by atoms with van der Waals surface area (Å²) in [5.41, 5.74) is 0.302. The van der Waals surface area contributed by atoms with Crippen LogP contribution in [0.25, 0.3) is 22.4 Å². The van der Waals surface area contributed by atoms with Crippen LogP contribution in [0.4, 0.5) is 29.1 Å². The zero-order valence-corrected chi connectivity index (χ0v) is 20.6. The average molecular weight is 555 g/mol. The minimum Gasteiger partial charge on any atom is -0.464 e. The largest absolute Gasteiger partial charge is 0.464 e. The predicted molar refractivity (Wildman–Crippen MR) is 131 cm³/mol. The quantitative estimate of drug-likeness (QED) is 0.227. The van der Waals surface area contributed by atoms with Crippen molar-refractivity contribution >= 4 is 28.7 Å². The molecule has 3 aromatic rings. The lowest BCUT2D eigenvalue weighted by Crippen LogP contribution is -2.38. The number of nitrogens with zero attached hydrogens (tertiary/aromatic N) is 3. The minimum absolute atomic E-state index is 0.0105. The van der Waals surface area contributed by atoms with E-state index >= 15 is 0 Å². The molecule has 1 aliphatic rings. The van der Waals surface area contributed by atoms with Crippen LogP contribution in [0.15, 0.2) is 48.5 Å². The van der Waals surface area contributed by atoms with E-state index in [4.69, 9.17) is 4.74 Å². The second-order valence-corrected chi connectivity index (χ2v) is 9.04. The molecule has 4 rings (SSSR count). The molecule has 0 saturated carbocycles. The second kappa shape index (κ2) is 11.0. The summed E-state index contributed by atoms with van der Waals surface area (Å²) in [6.45, 7) is 1.35. The number of carbonyl (C=O) groups excluding carboxylic acids is 1. The maximum atomic E-state index is 14.0. The van der Waals surface area contributed by atoms with Gasteiger partial charge in [0.05, 0.1) is 24.0 Å². The number of hydrogen-bond donors (Lipinski definition) is 3. The fraction of sp³-hybridized carbons (Fsp3) is 0.292. The average Bonchev–Trinajstić information content (AvgIpc) is 3.25. The molecular formula is C24H22F4N4O5S. The van der Waals surface area contributed by atoms with Gasteiger partial charge in [0.1, 0.15) is 17.7 Å². The molecule has 0 amide bonds. The lowest BCUT2D eigenvalue weighted by molar-refractivity contribution is -0.145. The fourth-order valence-electron chi connectivity index (χ4n) is 4.21. The summed E-state index contributed by atoms with van der Waals surface area (Å²) in [4.78, 5) is 21.5. The van der Waals surface area contributed by atoms with Gasteiger partial charge in [-0.05, 0) is 48.9 Å². The van der Waals surface area contributed by atoms with Gasteiger partial charge in [0.25, 0.3) is 11.3 Å². The van der Waals surface area contributed by atoms with Crippen molar-refractivity contribution in [3.05, 3.63) is 60.2 Å². The molecule has 2 heterocycles. The van der Waals surface area contributed by atoms with Gasteiger partial charge in [-0.25, -0.2) is 23.4 Å². The highest BCUT2D eigenvalue weighted by Crippen LogP contribution is 2.43. The van der Waals surface area contributed by atoms with Crippen LogP contribution in [0.3, 0.4) is 0 Å². The molecule has 1 aliphatic heterocycles. The van der Waals surface area contributed by atoms with Gasteiger partial charge in [-0.15, -0.1) is 0 Å². The Morgan fingerprint density at radius 2 is 1.89 bits per heavy atom. The first-order chi connectivity index (χ1) is 18.0. The third kappa shape index (κ3) is 5.92. The highest BCUT2D eigenvalue weighted by Gasteiger charge is 2.42. The van der Waals surface area contributed by atoms with E-state index in [-0.39, 0.29) is 53.5 Å². The predicted octanol–water partition coefficient (Wildman–Crippen LogP) is 4.02. The Bertz CT molecular complexity index is 1360. The summed E-state index contributed by atoms with van der Waals surface area (Å²) in [6, 6.07) is 9.32. The van der Waals surface area contributed by atoms with Crippen molar-refractivity contribution in [2.24, 2.45) is 0 Å². The first kappa shape index (κ1) is 27.4. The molecule has 0 spiro atoms. The number of hydrogen-bond acceptors (Lipinski definition) is 7. The van der Waals surface area contributed by atoms with Crippen LogP contribution in [0.1, 0.15) is 19.2 Å². The van der Waals surface area contributed by atoms with Crippen LogP contribution in [0.2, 0.25) is 0 Å². The zero-order chi connectivity index (χ0) is 27.6. The van der Waals surface area contributed by atoms with E-state index in [0.717, 1.165) is 12.1 Å². The topological polar surface area (TPSA) is 125 Å². The van der Waals surface area contributed by atoms with E-state index in [1.165, 1.54) is 41.3 Å². The number of benzene rings is 2. The van der Waals surface area contributed by atoms with E-state index in [0.29, 0.717) is 0 Å². The summed E-state index contributed by atoms with van der Waals surface area (Å²) in [5, 5.41) is 10.4. The standard InChI is InChI=1S/C24H22F4N4O5S/c1-2-37-22(34)18-11-17(33)12-32(18)21-19(14-4-3-5-16(10-14)31-38(35)36)20(13-6-8-15(25)9-7-13)29-23(30-21)24(26,27)28/h3-10,17-18,31,33H,2,11-12H2,1H3,(H,35,36)/t17-,18+/m1/s1. The van der Waals surface area contributed by atoms with Gasteiger partial charge in [0.2, 0.25) is 5.82 Å². The third-order valence-corrected chi connectivity index (χ3v) is 6.14. The van der Waals surface area contributed by atoms with Crippen molar-refractivity contribution in [3.8, 4) is 22.4 Å². The number of rotatable bonds is 7. The molecular weight excluding hydrogens is 532 g/mol. The number of aromatic nitrogens is 2. The number of nitrogens with one attached hydrogen (secondary N) is 1. The maximum Gasteiger partial charge on any atom is 0.451 e. The van der Waals surface area contributed by atoms with Gasteiger partial charge in [-0.2, -0.15) is 13.2 Å². The molecule has 38 heavy (non-hydrogen) atoms. The number of ether oxygens (including phenoxy) is 1. The van der Waals surface area contributed by atoms with Crippen molar-refractivity contribution in [1.29, 1.82) is 0 Å². The molecule has 2 aromatic carbocycles. The molecule has 3 atom stereocenters. The van der Waals surface area contributed by atoms with E-state index in [9.17, 15) is 36.2 Å². The highest BCUT2D eigenvalue weighted by atomic mass is 32.2. The molecule has 1 aromatic heterocycles. The van der Waals surface area contributed by atoms with Gasteiger partial charge in [-0.1, -0.05) is 12.1 Å². The summed E-state index contributed by atoms with van der Waals surface area (Å²) in [7, 11) is 0. The summed E-state index contributed by atoms with van der Waals surface area (Å²) < 4.78 is 83.6. The van der Waals surface area contributed by atoms with E-state index in [1.807, 2.05) is 0 Å². The molecule has 0 radical (unpaired) electrons. The monoisotopic (exact) mass is 554 g/mol. The third-order valence-electron chi connectivity index (χ3n) is 5.73. The lowest BCUT2D eigenvalue weighted by atomic mass is 9.98. The van der Waals surface area contributed by atoms with Crippen molar-refractivity contribution in [3.63, 3.8) is 0 Å². The number of anilines is 2. The second-order valence-electron chi connectivity index (χ2n) is 8.34. The van der Waals surface area contributed by atoms with Gasteiger partial charge in [0, 0.05) is 24.2 Å². The molecule has 1 unspecified atom stereocenters. The van der Waals surface area contributed by atoms with Crippen LogP contribution in [-0.4, -0.2) is 55.1 Å². The molecule has 0 bridgehead atoms. The van der Waals surface area contributed by atoms with Crippen LogP contribution < -0.4 is 9.62 Å². The fourth-order valence-corrected chi connectivity index (χ4v) is 4.54. The normalized spacial score (nSPS) is 18.3. The van der Waals surface area contributed by atoms with Crippen LogP contribution >= 0.6 is 0 Å². The SMILES string of the molecule is CCOC(=O)[C@@H]1C[C@@H](O)CN1c1nc(C(F)(F)F)nc(-c2ccc(F)cc2)c1-c1cccc(NS(=O)O)c1. The number of aliphatic hydroxyl groups excluding tert-OH is 1. The van der Waals surface area contributed by atoms with E-state index < -0.39 is 47.2 Å². The van der Waals surface area contributed by atoms with Crippen molar-refractivity contribution in [2.75, 3.05) is 22.8 Å². The smallest absolute Gasteiger partial charge is 0.451 e. The Hall–Kier alpha value is -3.62. The molecule has 9 nitrogen and oxygen atoms in total. The summed E-state index contributed by atoms with van der Waals surface area (Å²) in [5.74, 6) is -3.20. The Morgan fingerprint density at radius 3 is 2.53 bits per heavy atom. The minimum atomic E-state index is -4.99. The first-order valence-corrected chi connectivity index (χ1v) is 12.4. The van der Waals surface area contributed by atoms with Gasteiger partial charge in [-0.3, -0.25) is 9.27 Å². The van der Waals surface area contributed by atoms with Crippen molar-refractivity contribution in [1.82, 2.24) is 9.97 Å². The van der Waals surface area contributed by atoms with Crippen LogP contribution in [0, 0.1) is 5.82 Å². The first-order valence-electron chi connectivity index (χ1n) is 11.3. The van der Waals surface area contributed by atoms with Crippen molar-refractivity contribution < 1.29 is 41.0 Å². The van der Waals surface area contributed by atoms with E-state index in [1.54, 1.807) is 6.92 Å². The number of alkyl halides is 3. The number of esters is 1.